The van der Waals surface area contributed by atoms with Crippen LogP contribution in [0.1, 0.15) is 22.3 Å². The van der Waals surface area contributed by atoms with Crippen LogP contribution in [0.4, 0.5) is 51.2 Å². The van der Waals surface area contributed by atoms with Gasteiger partial charge in [-0.1, -0.05) is 182 Å². The number of rotatable bonds is 15. The first-order chi connectivity index (χ1) is 37.7. The van der Waals surface area contributed by atoms with Crippen LogP contribution in [0.3, 0.4) is 0 Å². The summed E-state index contributed by atoms with van der Waals surface area (Å²) in [4.78, 5) is 16.7. The summed E-state index contributed by atoms with van der Waals surface area (Å²) in [6.07, 6.45) is 1.81. The SMILES string of the molecule is c1ccc(N(c2ccccc2)c2ccc(C(c3ccc(-c4cccc(-c5ccccn5)n4)cc3)(c3ccc(N(c4ccccc4)c4ccccc4)cc3)c3ccc(N(c4ccccc4)c4ccccc4)cc3)cc2)cc1. The number of para-hydroxylation sites is 6. The van der Waals surface area contributed by atoms with Gasteiger partial charge in [0.25, 0.3) is 0 Å². The van der Waals surface area contributed by atoms with Crippen LogP contribution >= 0.6 is 0 Å². The van der Waals surface area contributed by atoms with Gasteiger partial charge in [-0.15, -0.1) is 0 Å². The largest absolute Gasteiger partial charge is 0.311 e. The van der Waals surface area contributed by atoms with Crippen LogP contribution in [0.2, 0.25) is 0 Å². The van der Waals surface area contributed by atoms with Gasteiger partial charge < -0.3 is 14.7 Å². The molecule has 0 spiro atoms. The summed E-state index contributed by atoms with van der Waals surface area (Å²) in [5, 5.41) is 0. The summed E-state index contributed by atoms with van der Waals surface area (Å²) in [6.45, 7) is 0. The second kappa shape index (κ2) is 21.5. The van der Waals surface area contributed by atoms with Gasteiger partial charge in [0, 0.05) is 62.9 Å². The minimum Gasteiger partial charge on any atom is -0.311 e. The fourth-order valence-electron chi connectivity index (χ4n) is 10.5. The molecule has 362 valence electrons. The van der Waals surface area contributed by atoms with Gasteiger partial charge in [0.2, 0.25) is 0 Å². The Morgan fingerprint density at radius 1 is 0.211 bits per heavy atom. The zero-order valence-electron chi connectivity index (χ0n) is 41.8. The molecule has 0 aliphatic carbocycles. The molecular weight excluding hydrogens is 923 g/mol. The van der Waals surface area contributed by atoms with Crippen LogP contribution in [0, 0.1) is 0 Å². The molecule has 0 fully saturated rings. The smallest absolute Gasteiger partial charge is 0.0893 e. The molecular formula is C71H53N5. The molecule has 0 N–H and O–H groups in total. The molecule has 12 aromatic rings. The molecule has 0 aliphatic heterocycles. The molecule has 10 aromatic carbocycles. The normalized spacial score (nSPS) is 11.2. The van der Waals surface area contributed by atoms with E-state index in [0.717, 1.165) is 96.1 Å². The Hall–Kier alpha value is -10.1. The highest BCUT2D eigenvalue weighted by Crippen LogP contribution is 2.49. The van der Waals surface area contributed by atoms with Gasteiger partial charge in [-0.2, -0.15) is 0 Å². The summed E-state index contributed by atoms with van der Waals surface area (Å²) in [5.41, 5.74) is 16.8. The molecule has 12 rings (SSSR count). The van der Waals surface area contributed by atoms with Crippen molar-refractivity contribution in [3.05, 3.63) is 344 Å². The van der Waals surface area contributed by atoms with E-state index in [1.807, 2.05) is 30.5 Å². The third kappa shape index (κ3) is 9.41. The number of aromatic nitrogens is 2. The van der Waals surface area contributed by atoms with E-state index < -0.39 is 5.41 Å². The zero-order valence-corrected chi connectivity index (χ0v) is 41.8. The second-order valence-corrected chi connectivity index (χ2v) is 18.6. The number of hydrogen-bond acceptors (Lipinski definition) is 5. The van der Waals surface area contributed by atoms with Crippen LogP contribution < -0.4 is 14.7 Å². The number of nitrogens with zero attached hydrogens (tertiary/aromatic N) is 5. The van der Waals surface area contributed by atoms with Gasteiger partial charge in [-0.25, -0.2) is 4.98 Å². The van der Waals surface area contributed by atoms with Crippen molar-refractivity contribution >= 4 is 51.2 Å². The van der Waals surface area contributed by atoms with Gasteiger partial charge in [0.15, 0.2) is 0 Å². The Morgan fingerprint density at radius 2 is 0.474 bits per heavy atom. The van der Waals surface area contributed by atoms with Crippen molar-refractivity contribution in [1.29, 1.82) is 0 Å². The number of benzene rings is 10. The van der Waals surface area contributed by atoms with Gasteiger partial charge in [-0.3, -0.25) is 4.98 Å². The average Bonchev–Trinajstić information content (AvgIpc) is 3.52. The fourth-order valence-corrected chi connectivity index (χ4v) is 10.5. The summed E-state index contributed by atoms with van der Waals surface area (Å²) >= 11 is 0. The van der Waals surface area contributed by atoms with E-state index in [1.54, 1.807) is 0 Å². The summed E-state index contributed by atoms with van der Waals surface area (Å²) in [7, 11) is 0. The van der Waals surface area contributed by atoms with Crippen LogP contribution in [0.25, 0.3) is 22.6 Å². The number of hydrogen-bond donors (Lipinski definition) is 0. The molecule has 2 heterocycles. The maximum atomic E-state index is 5.13. The molecule has 0 bridgehead atoms. The van der Waals surface area contributed by atoms with E-state index in [9.17, 15) is 0 Å². The second-order valence-electron chi connectivity index (χ2n) is 18.6. The Kier molecular flexibility index (Phi) is 13.3. The van der Waals surface area contributed by atoms with Crippen LogP contribution in [-0.2, 0) is 5.41 Å². The van der Waals surface area contributed by atoms with Crippen molar-refractivity contribution < 1.29 is 0 Å². The molecule has 0 atom stereocenters. The van der Waals surface area contributed by atoms with E-state index in [1.165, 1.54) is 0 Å². The predicted molar refractivity (Wildman–Crippen MR) is 315 cm³/mol. The molecule has 0 saturated heterocycles. The Bertz CT molecular complexity index is 3330. The van der Waals surface area contributed by atoms with E-state index in [4.69, 9.17) is 4.98 Å². The first-order valence-electron chi connectivity index (χ1n) is 25.7. The number of anilines is 9. The predicted octanol–water partition coefficient (Wildman–Crippen LogP) is 18.6. The van der Waals surface area contributed by atoms with Crippen LogP contribution in [-0.4, -0.2) is 9.97 Å². The topological polar surface area (TPSA) is 35.5 Å². The van der Waals surface area contributed by atoms with Gasteiger partial charge >= 0.3 is 0 Å². The Balaban J connectivity index is 1.07. The zero-order chi connectivity index (χ0) is 50.9. The highest BCUT2D eigenvalue weighted by atomic mass is 15.2. The van der Waals surface area contributed by atoms with Crippen molar-refractivity contribution in [2.75, 3.05) is 14.7 Å². The highest BCUT2D eigenvalue weighted by molar-refractivity contribution is 5.81. The van der Waals surface area contributed by atoms with Gasteiger partial charge in [0.1, 0.15) is 0 Å². The molecule has 76 heavy (non-hydrogen) atoms. The molecule has 0 amide bonds. The van der Waals surface area contributed by atoms with Crippen LogP contribution in [0.5, 0.6) is 0 Å². The van der Waals surface area contributed by atoms with Crippen molar-refractivity contribution in [3.8, 4) is 22.6 Å². The van der Waals surface area contributed by atoms with Gasteiger partial charge in [0.05, 0.1) is 22.5 Å². The monoisotopic (exact) mass is 975 g/mol. The molecule has 0 aliphatic rings. The van der Waals surface area contributed by atoms with Crippen LogP contribution in [0.15, 0.2) is 322 Å². The standard InChI is InChI=1S/C71H53N5/c1-7-22-59(23-8-1)74(60-24-9-2-10-25-60)65-47-41-56(42-48-65)71(55-39-37-54(38-40-55)68-35-21-36-70(73-68)69-34-19-20-53-72-69,57-43-49-66(50-44-57)75(61-26-11-3-12-27-61)62-28-13-4-14-29-62)58-45-51-67(52-46-58)76(63-30-15-5-16-31-63)64-32-17-6-18-33-64/h1-53H. The minimum atomic E-state index is -0.823. The lowest BCUT2D eigenvalue weighted by molar-refractivity contribution is 0.745. The summed E-state index contributed by atoms with van der Waals surface area (Å²) in [5.74, 6) is 0. The third-order valence-corrected chi connectivity index (χ3v) is 14.1. The maximum absolute atomic E-state index is 5.13. The number of pyridine rings is 2. The average molecular weight is 976 g/mol. The molecule has 0 radical (unpaired) electrons. The Labute approximate surface area is 445 Å². The van der Waals surface area contributed by atoms with E-state index in [0.29, 0.717) is 0 Å². The maximum Gasteiger partial charge on any atom is 0.0893 e. The Morgan fingerprint density at radius 3 is 0.776 bits per heavy atom. The van der Waals surface area contributed by atoms with Gasteiger partial charge in [-0.05, 0) is 156 Å². The van der Waals surface area contributed by atoms with Crippen molar-refractivity contribution in [3.63, 3.8) is 0 Å². The fraction of sp³-hybridized carbons (Fsp3) is 0.0141. The lowest BCUT2D eigenvalue weighted by Gasteiger charge is -2.38. The van der Waals surface area contributed by atoms with Crippen molar-refractivity contribution in [2.24, 2.45) is 0 Å². The molecule has 5 heteroatoms. The molecule has 0 unspecified atom stereocenters. The molecule has 5 nitrogen and oxygen atoms in total. The first-order valence-corrected chi connectivity index (χ1v) is 25.7. The molecule has 2 aromatic heterocycles. The summed E-state index contributed by atoms with van der Waals surface area (Å²) < 4.78 is 0. The minimum absolute atomic E-state index is 0.823. The first kappa shape index (κ1) is 46.9. The van der Waals surface area contributed by atoms with Crippen molar-refractivity contribution in [1.82, 2.24) is 9.97 Å². The highest BCUT2D eigenvalue weighted by Gasteiger charge is 2.39. The lowest BCUT2D eigenvalue weighted by atomic mass is 9.65. The van der Waals surface area contributed by atoms with Crippen molar-refractivity contribution in [2.45, 2.75) is 5.41 Å². The summed E-state index contributed by atoms with van der Waals surface area (Å²) in [6, 6.07) is 112. The van der Waals surface area contributed by atoms with E-state index in [-0.39, 0.29) is 0 Å². The quantitative estimate of drug-likeness (QED) is 0.0957. The third-order valence-electron chi connectivity index (χ3n) is 14.1. The molecule has 0 saturated carbocycles. The lowest BCUT2D eigenvalue weighted by Crippen LogP contribution is -2.31. The van der Waals surface area contributed by atoms with E-state index >= 15 is 0 Å². The van der Waals surface area contributed by atoms with E-state index in [2.05, 4.69) is 311 Å².